The highest BCUT2D eigenvalue weighted by molar-refractivity contribution is 5.85. The Bertz CT molecular complexity index is 706. The highest BCUT2D eigenvalue weighted by atomic mass is 35.5. The molecule has 0 fully saturated rings. The topological polar surface area (TPSA) is 51.2 Å². The number of pyridine rings is 1. The number of carbonyl (C=O) groups excluding carboxylic acids is 1. The summed E-state index contributed by atoms with van der Waals surface area (Å²) in [4.78, 5) is 16.2. The van der Waals surface area contributed by atoms with E-state index >= 15 is 0 Å². The Kier molecular flexibility index (Phi) is 5.84. The number of rotatable bonds is 4. The molecule has 0 spiro atoms. The summed E-state index contributed by atoms with van der Waals surface area (Å²) in [7, 11) is 0. The smallest absolute Gasteiger partial charge is 0.217 e. The average molecular weight is 347 g/mol. The van der Waals surface area contributed by atoms with Crippen LogP contribution in [0.2, 0.25) is 0 Å². The van der Waals surface area contributed by atoms with Crippen molar-refractivity contribution in [3.8, 4) is 5.88 Å². The van der Waals surface area contributed by atoms with E-state index in [1.165, 1.54) is 0 Å². The number of aryl methyl sites for hydroxylation is 1. The lowest BCUT2D eigenvalue weighted by Crippen LogP contribution is -2.44. The van der Waals surface area contributed by atoms with Crippen molar-refractivity contribution in [1.29, 1.82) is 0 Å². The lowest BCUT2D eigenvalue weighted by Gasteiger charge is -2.36. The fourth-order valence-electron chi connectivity index (χ4n) is 3.25. The molecule has 24 heavy (non-hydrogen) atoms. The predicted octanol–water partition coefficient (Wildman–Crippen LogP) is 3.77. The van der Waals surface area contributed by atoms with Gasteiger partial charge in [0.15, 0.2) is 0 Å². The number of fused-ring (bicyclic) bond motifs is 1. The van der Waals surface area contributed by atoms with Gasteiger partial charge in [0, 0.05) is 18.7 Å². The highest BCUT2D eigenvalue weighted by Crippen LogP contribution is 2.35. The SMILES string of the molecule is CC(=O)NC1(C)CCCc2nc(OCc3ccccc3)ccc21.Cl. The summed E-state index contributed by atoms with van der Waals surface area (Å²) >= 11 is 0. The van der Waals surface area contributed by atoms with E-state index in [4.69, 9.17) is 4.74 Å². The van der Waals surface area contributed by atoms with Gasteiger partial charge < -0.3 is 10.1 Å². The van der Waals surface area contributed by atoms with Gasteiger partial charge in [0.25, 0.3) is 0 Å². The third-order valence-electron chi connectivity index (χ3n) is 4.31. The average Bonchev–Trinajstić information content (AvgIpc) is 2.53. The molecule has 4 nitrogen and oxygen atoms in total. The zero-order chi connectivity index (χ0) is 16.3. The van der Waals surface area contributed by atoms with E-state index in [9.17, 15) is 4.79 Å². The molecule has 1 amide bonds. The lowest BCUT2D eigenvalue weighted by molar-refractivity contribution is -0.121. The summed E-state index contributed by atoms with van der Waals surface area (Å²) in [5.41, 5.74) is 2.92. The molecule has 1 atom stereocenters. The number of hydrogen-bond donors (Lipinski definition) is 1. The van der Waals surface area contributed by atoms with E-state index in [1.54, 1.807) is 6.92 Å². The Balaban J connectivity index is 0.00000208. The van der Waals surface area contributed by atoms with E-state index in [1.807, 2.05) is 42.5 Å². The van der Waals surface area contributed by atoms with Crippen LogP contribution in [-0.2, 0) is 23.4 Å². The molecule has 1 unspecified atom stereocenters. The zero-order valence-electron chi connectivity index (χ0n) is 14.0. The van der Waals surface area contributed by atoms with Gasteiger partial charge in [0.2, 0.25) is 11.8 Å². The third-order valence-corrected chi connectivity index (χ3v) is 4.31. The van der Waals surface area contributed by atoms with Crippen LogP contribution in [0, 0.1) is 0 Å². The van der Waals surface area contributed by atoms with E-state index < -0.39 is 0 Å². The first kappa shape index (κ1) is 18.3. The van der Waals surface area contributed by atoms with E-state index in [0.717, 1.165) is 36.1 Å². The normalized spacial score (nSPS) is 18.9. The first-order valence-corrected chi connectivity index (χ1v) is 8.03. The first-order valence-electron chi connectivity index (χ1n) is 8.03. The Morgan fingerprint density at radius 3 is 2.71 bits per heavy atom. The van der Waals surface area contributed by atoms with Gasteiger partial charge in [-0.3, -0.25) is 4.79 Å². The molecule has 0 aliphatic heterocycles. The predicted molar refractivity (Wildman–Crippen MR) is 96.4 cm³/mol. The number of nitrogens with zero attached hydrogens (tertiary/aromatic N) is 1. The van der Waals surface area contributed by atoms with Crippen LogP contribution in [0.5, 0.6) is 5.88 Å². The molecule has 5 heteroatoms. The van der Waals surface area contributed by atoms with Crippen molar-refractivity contribution in [2.24, 2.45) is 0 Å². The van der Waals surface area contributed by atoms with Gasteiger partial charge in [-0.2, -0.15) is 0 Å². The summed E-state index contributed by atoms with van der Waals surface area (Å²) in [5.74, 6) is 0.629. The van der Waals surface area contributed by atoms with Crippen molar-refractivity contribution < 1.29 is 9.53 Å². The fourth-order valence-corrected chi connectivity index (χ4v) is 3.25. The molecule has 2 aromatic rings. The fraction of sp³-hybridized carbons (Fsp3) is 0.368. The molecule has 0 bridgehead atoms. The molecule has 1 heterocycles. The molecular formula is C19H23ClN2O2. The monoisotopic (exact) mass is 346 g/mol. The number of ether oxygens (including phenoxy) is 1. The van der Waals surface area contributed by atoms with Crippen LogP contribution in [0.3, 0.4) is 0 Å². The number of halogens is 1. The Morgan fingerprint density at radius 1 is 1.25 bits per heavy atom. The molecule has 1 aliphatic carbocycles. The maximum absolute atomic E-state index is 11.5. The molecular weight excluding hydrogens is 324 g/mol. The van der Waals surface area contributed by atoms with Gasteiger partial charge in [-0.15, -0.1) is 12.4 Å². The third kappa shape index (κ3) is 4.06. The van der Waals surface area contributed by atoms with E-state index in [2.05, 4.69) is 17.2 Å². The van der Waals surface area contributed by atoms with Crippen LogP contribution < -0.4 is 10.1 Å². The van der Waals surface area contributed by atoms with Gasteiger partial charge in [0.05, 0.1) is 5.54 Å². The van der Waals surface area contributed by atoms with Crippen LogP contribution in [0.1, 0.15) is 43.5 Å². The van der Waals surface area contributed by atoms with Crippen LogP contribution in [-0.4, -0.2) is 10.9 Å². The molecule has 0 saturated heterocycles. The minimum Gasteiger partial charge on any atom is -0.473 e. The molecule has 1 N–H and O–H groups in total. The quantitative estimate of drug-likeness (QED) is 0.916. The number of benzene rings is 1. The summed E-state index contributed by atoms with van der Waals surface area (Å²) in [6.45, 7) is 4.14. The van der Waals surface area contributed by atoms with Gasteiger partial charge in [-0.1, -0.05) is 30.3 Å². The van der Waals surface area contributed by atoms with Gasteiger partial charge >= 0.3 is 0 Å². The maximum Gasteiger partial charge on any atom is 0.217 e. The molecule has 128 valence electrons. The second-order valence-electron chi connectivity index (χ2n) is 6.28. The maximum atomic E-state index is 11.5. The Hall–Kier alpha value is -2.07. The number of hydrogen-bond acceptors (Lipinski definition) is 3. The molecule has 3 rings (SSSR count). The first-order chi connectivity index (χ1) is 11.1. The van der Waals surface area contributed by atoms with Gasteiger partial charge in [-0.05, 0) is 43.4 Å². The van der Waals surface area contributed by atoms with Crippen LogP contribution in [0.15, 0.2) is 42.5 Å². The van der Waals surface area contributed by atoms with Crippen molar-refractivity contribution in [3.63, 3.8) is 0 Å². The minimum absolute atomic E-state index is 0. The number of carbonyl (C=O) groups is 1. The minimum atomic E-state index is -0.329. The molecule has 1 aromatic carbocycles. The van der Waals surface area contributed by atoms with Crippen LogP contribution in [0.25, 0.3) is 0 Å². The molecule has 1 aliphatic rings. The van der Waals surface area contributed by atoms with E-state index in [-0.39, 0.29) is 23.9 Å². The van der Waals surface area contributed by atoms with Crippen molar-refractivity contribution >= 4 is 18.3 Å². The lowest BCUT2D eigenvalue weighted by atomic mass is 9.80. The Labute approximate surface area is 149 Å². The number of nitrogens with one attached hydrogen (secondary N) is 1. The number of amides is 1. The van der Waals surface area contributed by atoms with Crippen LogP contribution >= 0.6 is 12.4 Å². The molecule has 0 radical (unpaired) electrons. The van der Waals surface area contributed by atoms with Gasteiger partial charge in [0.1, 0.15) is 6.61 Å². The number of aromatic nitrogens is 1. The van der Waals surface area contributed by atoms with Gasteiger partial charge in [-0.25, -0.2) is 4.98 Å². The standard InChI is InChI=1S/C19H22N2O2.ClH/c1-14(22)21-19(2)12-6-9-17-16(19)10-11-18(20-17)23-13-15-7-4-3-5-8-15;/h3-5,7-8,10-11H,6,9,12-13H2,1-2H3,(H,21,22);1H. The largest absolute Gasteiger partial charge is 0.473 e. The molecule has 1 aromatic heterocycles. The summed E-state index contributed by atoms with van der Waals surface area (Å²) in [6.07, 6.45) is 2.87. The summed E-state index contributed by atoms with van der Waals surface area (Å²) in [5, 5.41) is 3.07. The summed E-state index contributed by atoms with van der Waals surface area (Å²) < 4.78 is 5.81. The van der Waals surface area contributed by atoms with Crippen molar-refractivity contribution in [2.75, 3.05) is 0 Å². The zero-order valence-corrected chi connectivity index (χ0v) is 14.9. The second kappa shape index (κ2) is 7.67. The van der Waals surface area contributed by atoms with Crippen LogP contribution in [0.4, 0.5) is 0 Å². The van der Waals surface area contributed by atoms with Crippen molar-refractivity contribution in [2.45, 2.75) is 45.3 Å². The summed E-state index contributed by atoms with van der Waals surface area (Å²) in [6, 6.07) is 14.0. The van der Waals surface area contributed by atoms with Crippen molar-refractivity contribution in [1.82, 2.24) is 10.3 Å². The highest BCUT2D eigenvalue weighted by Gasteiger charge is 2.33. The second-order valence-corrected chi connectivity index (χ2v) is 6.28. The Morgan fingerprint density at radius 2 is 2.00 bits per heavy atom. The van der Waals surface area contributed by atoms with Crippen molar-refractivity contribution in [3.05, 3.63) is 59.3 Å². The molecule has 0 saturated carbocycles. The van der Waals surface area contributed by atoms with E-state index in [0.29, 0.717) is 12.5 Å².